The smallest absolute Gasteiger partial charge is 0.123 e. The third kappa shape index (κ3) is 8.47. The van der Waals surface area contributed by atoms with Crippen molar-refractivity contribution < 1.29 is 14.2 Å². The first-order chi connectivity index (χ1) is 10.2. The SMILES string of the molecule is CC(C)CN(Cc1ccc(F)cc1)C[C@H](O)COC(C)(C)C. The summed E-state index contributed by atoms with van der Waals surface area (Å²) in [6.45, 7) is 12.7. The lowest BCUT2D eigenvalue weighted by Gasteiger charge is -2.28. The molecule has 0 amide bonds. The van der Waals surface area contributed by atoms with Crippen molar-refractivity contribution in [1.82, 2.24) is 4.90 Å². The molecule has 4 heteroatoms. The molecular weight excluding hydrogens is 281 g/mol. The lowest BCUT2D eigenvalue weighted by molar-refractivity contribution is -0.0573. The summed E-state index contributed by atoms with van der Waals surface area (Å²) >= 11 is 0. The van der Waals surface area contributed by atoms with Crippen LogP contribution in [0, 0.1) is 11.7 Å². The molecule has 1 aromatic carbocycles. The second-order valence-corrected chi connectivity index (χ2v) is 7.29. The molecular formula is C18H30FNO2. The molecule has 1 N–H and O–H groups in total. The molecule has 0 unspecified atom stereocenters. The van der Waals surface area contributed by atoms with E-state index in [0.717, 1.165) is 12.1 Å². The van der Waals surface area contributed by atoms with Gasteiger partial charge in [0.25, 0.3) is 0 Å². The second-order valence-electron chi connectivity index (χ2n) is 7.29. The third-order valence-electron chi connectivity index (χ3n) is 3.12. The standard InChI is InChI=1S/C18H30FNO2/c1-14(2)10-20(11-15-6-8-16(19)9-7-15)12-17(21)13-22-18(3,4)5/h6-9,14,17,21H,10-13H2,1-5H3/t17-/m0/s1. The third-order valence-corrected chi connectivity index (χ3v) is 3.12. The molecule has 0 radical (unpaired) electrons. The van der Waals surface area contributed by atoms with Gasteiger partial charge in [0.15, 0.2) is 0 Å². The van der Waals surface area contributed by atoms with Gasteiger partial charge < -0.3 is 9.84 Å². The zero-order valence-electron chi connectivity index (χ0n) is 14.5. The summed E-state index contributed by atoms with van der Waals surface area (Å²) in [7, 11) is 0. The number of ether oxygens (including phenoxy) is 1. The Morgan fingerprint density at radius 2 is 1.73 bits per heavy atom. The van der Waals surface area contributed by atoms with Crippen LogP contribution in [0.4, 0.5) is 4.39 Å². The fraction of sp³-hybridized carbons (Fsp3) is 0.667. The van der Waals surface area contributed by atoms with E-state index in [-0.39, 0.29) is 11.4 Å². The van der Waals surface area contributed by atoms with E-state index < -0.39 is 6.10 Å². The number of aliphatic hydroxyl groups is 1. The number of nitrogens with zero attached hydrogens (tertiary/aromatic N) is 1. The number of benzene rings is 1. The Morgan fingerprint density at radius 3 is 2.23 bits per heavy atom. The van der Waals surface area contributed by atoms with Crippen molar-refractivity contribution in [3.8, 4) is 0 Å². The summed E-state index contributed by atoms with van der Waals surface area (Å²) in [4.78, 5) is 2.19. The molecule has 0 saturated heterocycles. The van der Waals surface area contributed by atoms with Crippen LogP contribution in [-0.2, 0) is 11.3 Å². The topological polar surface area (TPSA) is 32.7 Å². The van der Waals surface area contributed by atoms with E-state index in [4.69, 9.17) is 4.74 Å². The normalized spacial score (nSPS) is 13.9. The molecule has 0 aliphatic carbocycles. The highest BCUT2D eigenvalue weighted by atomic mass is 19.1. The minimum Gasteiger partial charge on any atom is -0.389 e. The van der Waals surface area contributed by atoms with Crippen LogP contribution in [0.15, 0.2) is 24.3 Å². The Morgan fingerprint density at radius 1 is 1.14 bits per heavy atom. The van der Waals surface area contributed by atoms with Crippen molar-refractivity contribution >= 4 is 0 Å². The molecule has 1 aromatic rings. The highest BCUT2D eigenvalue weighted by molar-refractivity contribution is 5.15. The Labute approximate surface area is 134 Å². The highest BCUT2D eigenvalue weighted by Crippen LogP contribution is 2.11. The average Bonchev–Trinajstić information content (AvgIpc) is 2.37. The van der Waals surface area contributed by atoms with Crippen molar-refractivity contribution in [2.45, 2.75) is 52.9 Å². The van der Waals surface area contributed by atoms with Gasteiger partial charge in [-0.1, -0.05) is 26.0 Å². The molecule has 22 heavy (non-hydrogen) atoms. The van der Waals surface area contributed by atoms with Gasteiger partial charge >= 0.3 is 0 Å². The maximum atomic E-state index is 13.0. The van der Waals surface area contributed by atoms with E-state index in [1.165, 1.54) is 12.1 Å². The molecule has 0 aliphatic heterocycles. The lowest BCUT2D eigenvalue weighted by atomic mass is 10.1. The van der Waals surface area contributed by atoms with E-state index in [1.807, 2.05) is 20.8 Å². The molecule has 3 nitrogen and oxygen atoms in total. The minimum atomic E-state index is -0.529. The molecule has 0 fully saturated rings. The van der Waals surface area contributed by atoms with Gasteiger partial charge in [0.1, 0.15) is 5.82 Å². The van der Waals surface area contributed by atoms with Crippen LogP contribution < -0.4 is 0 Å². The largest absolute Gasteiger partial charge is 0.389 e. The quantitative estimate of drug-likeness (QED) is 0.798. The predicted molar refractivity (Wildman–Crippen MR) is 88.2 cm³/mol. The van der Waals surface area contributed by atoms with Gasteiger partial charge in [0, 0.05) is 19.6 Å². The van der Waals surface area contributed by atoms with Gasteiger partial charge in [-0.05, 0) is 44.4 Å². The number of aliphatic hydroxyl groups excluding tert-OH is 1. The molecule has 1 atom stereocenters. The summed E-state index contributed by atoms with van der Waals surface area (Å²) in [6, 6.07) is 6.53. The van der Waals surface area contributed by atoms with Gasteiger partial charge in [-0.3, -0.25) is 4.90 Å². The second kappa shape index (κ2) is 8.61. The van der Waals surface area contributed by atoms with E-state index >= 15 is 0 Å². The molecule has 0 saturated carbocycles. The van der Waals surface area contributed by atoms with Gasteiger partial charge in [0.2, 0.25) is 0 Å². The van der Waals surface area contributed by atoms with Crippen molar-refractivity contribution in [1.29, 1.82) is 0 Å². The molecule has 126 valence electrons. The first-order valence-corrected chi connectivity index (χ1v) is 7.94. The van der Waals surface area contributed by atoms with E-state index in [0.29, 0.717) is 25.6 Å². The van der Waals surface area contributed by atoms with Crippen LogP contribution in [0.1, 0.15) is 40.2 Å². The van der Waals surface area contributed by atoms with Crippen LogP contribution in [-0.4, -0.2) is 41.4 Å². The monoisotopic (exact) mass is 311 g/mol. The number of rotatable bonds is 8. The Hall–Kier alpha value is -0.970. The predicted octanol–water partition coefficient (Wildman–Crippen LogP) is 3.46. The number of hydrogen-bond donors (Lipinski definition) is 1. The van der Waals surface area contributed by atoms with Crippen LogP contribution >= 0.6 is 0 Å². The zero-order valence-corrected chi connectivity index (χ0v) is 14.5. The van der Waals surface area contributed by atoms with Crippen molar-refractivity contribution in [3.63, 3.8) is 0 Å². The Balaban J connectivity index is 2.58. The van der Waals surface area contributed by atoms with E-state index in [2.05, 4.69) is 18.7 Å². The maximum absolute atomic E-state index is 13.0. The van der Waals surface area contributed by atoms with Crippen molar-refractivity contribution in [3.05, 3.63) is 35.6 Å². The minimum absolute atomic E-state index is 0.224. The molecule has 0 aliphatic rings. The summed E-state index contributed by atoms with van der Waals surface area (Å²) in [5, 5.41) is 10.2. The van der Waals surface area contributed by atoms with E-state index in [1.54, 1.807) is 12.1 Å². The molecule has 1 rings (SSSR count). The van der Waals surface area contributed by atoms with Gasteiger partial charge in [-0.15, -0.1) is 0 Å². The van der Waals surface area contributed by atoms with Crippen molar-refractivity contribution in [2.24, 2.45) is 5.92 Å². The lowest BCUT2D eigenvalue weighted by Crippen LogP contribution is -2.38. The zero-order chi connectivity index (χ0) is 16.8. The summed E-state index contributed by atoms with van der Waals surface area (Å²) in [5.41, 5.74) is 0.798. The van der Waals surface area contributed by atoms with Crippen molar-refractivity contribution in [2.75, 3.05) is 19.7 Å². The first-order valence-electron chi connectivity index (χ1n) is 7.94. The highest BCUT2D eigenvalue weighted by Gasteiger charge is 2.17. The maximum Gasteiger partial charge on any atom is 0.123 e. The molecule has 0 bridgehead atoms. The van der Waals surface area contributed by atoms with Crippen LogP contribution in [0.2, 0.25) is 0 Å². The van der Waals surface area contributed by atoms with Gasteiger partial charge in [-0.2, -0.15) is 0 Å². The summed E-state index contributed by atoms with van der Waals surface area (Å²) in [6.07, 6.45) is -0.529. The summed E-state index contributed by atoms with van der Waals surface area (Å²) < 4.78 is 18.6. The molecule has 0 aromatic heterocycles. The Kier molecular flexibility index (Phi) is 7.46. The summed E-state index contributed by atoms with van der Waals surface area (Å²) in [5.74, 6) is 0.272. The number of hydrogen-bond acceptors (Lipinski definition) is 3. The molecule has 0 heterocycles. The average molecular weight is 311 g/mol. The van der Waals surface area contributed by atoms with E-state index in [9.17, 15) is 9.50 Å². The van der Waals surface area contributed by atoms with Crippen LogP contribution in [0.5, 0.6) is 0 Å². The fourth-order valence-corrected chi connectivity index (χ4v) is 2.26. The van der Waals surface area contributed by atoms with Crippen LogP contribution in [0.25, 0.3) is 0 Å². The Bertz CT molecular complexity index is 426. The fourth-order valence-electron chi connectivity index (χ4n) is 2.26. The molecule has 0 spiro atoms. The van der Waals surface area contributed by atoms with Gasteiger partial charge in [0.05, 0.1) is 18.3 Å². The van der Waals surface area contributed by atoms with Crippen LogP contribution in [0.3, 0.4) is 0 Å². The number of halogens is 1. The first kappa shape index (κ1) is 19.1. The van der Waals surface area contributed by atoms with Gasteiger partial charge in [-0.25, -0.2) is 4.39 Å².